The molecule has 1 aliphatic carbocycles. The molecular formula is C88H86N6O4S2U3. The summed E-state index contributed by atoms with van der Waals surface area (Å²) in [5, 5.41) is 34.1. The van der Waals surface area contributed by atoms with Gasteiger partial charge in [0, 0.05) is 24.2 Å². The summed E-state index contributed by atoms with van der Waals surface area (Å²) in [6.45, 7) is 30.3. The second kappa shape index (κ2) is 43.6. The molecule has 4 heterocycles. The van der Waals surface area contributed by atoms with Crippen LogP contribution in [0, 0.1) is 188 Å². The monoisotopic (exact) mass is 2070 g/mol. The minimum atomic E-state index is -0.194. The van der Waals surface area contributed by atoms with Crippen LogP contribution in [0.3, 0.4) is 0 Å². The zero-order chi connectivity index (χ0) is 72.6. The first-order valence-corrected chi connectivity index (χ1v) is 34.5. The molecule has 0 fully saturated rings. The summed E-state index contributed by atoms with van der Waals surface area (Å²) < 4.78 is 8.87. The summed E-state index contributed by atoms with van der Waals surface area (Å²) in [4.78, 5) is 34.6. The van der Waals surface area contributed by atoms with Crippen LogP contribution in [0.25, 0.3) is 69.8 Å². The summed E-state index contributed by atoms with van der Waals surface area (Å²) in [5.74, 6) is 0.0520. The quantitative estimate of drug-likeness (QED) is 0.0788. The van der Waals surface area contributed by atoms with Crippen molar-refractivity contribution in [3.8, 4) is 5.75 Å². The van der Waals surface area contributed by atoms with Crippen LogP contribution in [0.5, 0.6) is 5.75 Å². The largest absolute Gasteiger partial charge is 2.00 e. The number of fused-ring (bicyclic) bond motifs is 6. The van der Waals surface area contributed by atoms with E-state index in [1.54, 1.807) is 68.1 Å². The molecule has 15 rings (SSSR count). The third-order valence-electron chi connectivity index (χ3n) is 16.2. The maximum absolute atomic E-state index is 11.2. The minimum absolute atomic E-state index is 0. The first kappa shape index (κ1) is 87.8. The molecule has 10 aromatic carbocycles. The molecule has 2 aliphatic rings. The molecule has 0 radical (unpaired) electrons. The summed E-state index contributed by atoms with van der Waals surface area (Å²) in [5.41, 5.74) is 23.4. The molecule has 0 amide bonds. The standard InChI is InChI=1S/C12H12.C11H10.C11H12.C10H9NO.C10H11N.C9H9NOS.C9H8O2.C8H8N2.C8H7NS.3U/c1-9-7-8-10(2)12-6-4-3-5-11(9)12;1-9-6-7-10-4-2-3-5-11(10)8-9;1-4-5-11-8-9(2)6-7-10(11)3;1-7-4-5-9(12)10-8(7)3-2-6-11-10;1-4-11-10-7-8(2)5-6-9(10)3;1-6-3-4-7-8(5-6)12-9(11)10(7)2;1-6-2-3-8-7(4-6)5-11-9(8)10;1-5-3-4-6(2)8(10)7(5)9;1-6-2-3-7-8(4-6)10-5-9-7;;;/h3-8H,1-2H3;2-8H,1H3;5-7H,1-3H3;2-6,12H,1H3;5-6H,1-3H3;3-5H,1-2H3;2-4H,5H2,1H3;3-4H,1-2H3;2-5H,1H3;;;/q;;-2;;-2;;;-2;;3*+2. The number of rotatable bonds is 2. The number of aliphatic imine (C=N–C) groups is 1. The van der Waals surface area contributed by atoms with E-state index in [4.69, 9.17) is 15.6 Å². The Morgan fingerprint density at radius 1 is 0.553 bits per heavy atom. The Kier molecular flexibility index (Phi) is 37.1. The molecule has 0 saturated carbocycles. The first-order valence-electron chi connectivity index (χ1n) is 32.8. The number of aryl methyl sites for hydroxylation is 12. The van der Waals surface area contributed by atoms with E-state index in [1.165, 1.54) is 82.1 Å². The van der Waals surface area contributed by atoms with Crippen LogP contribution in [0.2, 0.25) is 0 Å². The third kappa shape index (κ3) is 26.2. The van der Waals surface area contributed by atoms with E-state index in [0.717, 1.165) is 60.2 Å². The number of carbonyl (C=O) groups is 1. The number of allylic oxidation sites excluding steroid dienone is 5. The molecule has 13 aromatic rings. The Labute approximate surface area is 687 Å². The summed E-state index contributed by atoms with van der Waals surface area (Å²) >= 11 is 2.99. The Bertz CT molecular complexity index is 4980. The second-order valence-corrected chi connectivity index (χ2v) is 26.3. The fourth-order valence-electron chi connectivity index (χ4n) is 10.3. The number of nitrogens with zero attached hydrogens (tertiary/aromatic N) is 6. The Balaban J connectivity index is 0.000000245. The van der Waals surface area contributed by atoms with Gasteiger partial charge in [0.1, 0.15) is 17.9 Å². The maximum atomic E-state index is 11.2. The average Bonchev–Trinajstić information content (AvgIpc) is 1.75. The van der Waals surface area contributed by atoms with E-state index >= 15 is 0 Å². The van der Waals surface area contributed by atoms with Crippen molar-refractivity contribution in [3.63, 3.8) is 0 Å². The van der Waals surface area contributed by atoms with Crippen molar-refractivity contribution in [3.05, 3.63) is 334 Å². The molecule has 0 bridgehead atoms. The van der Waals surface area contributed by atoms with E-state index in [1.807, 2.05) is 127 Å². The number of carbonyl (C=O) groups excluding carboxylic acids is 1. The van der Waals surface area contributed by atoms with E-state index in [-0.39, 0.29) is 121 Å². The van der Waals surface area contributed by atoms with E-state index in [0.29, 0.717) is 23.3 Å². The molecule has 10 nitrogen and oxygen atoms in total. The molecular weight excluding hydrogens is 1980 g/mol. The van der Waals surface area contributed by atoms with Gasteiger partial charge < -0.3 is 47.9 Å². The number of benzene rings is 10. The SMILES string of the molecule is CC1=CC=C(C)C(=[N-])C1=[N-].C[C-]=Cc1[c-]c(C)ccc1C.C[C-]=Nc1[c-]c(C)ccc1C.Cc1ccc(C)c2ccccc12.Cc1ccc(O)c2ncccc12.Cc1ccc2c(c1)COC2=O.Cc1ccc2c(c1)sc(=O)n2C.Cc1ccc2ccccc2c1.Cc1ccc2ncsc2c1.[U+2].[U+2].[U+2]. The molecule has 0 unspecified atom stereocenters. The Hall–Kier alpha value is -7.63. The predicted molar refractivity (Wildman–Crippen MR) is 427 cm³/mol. The number of phenolic OH excluding ortho intramolecular Hbond substituents is 1. The molecule has 0 spiro atoms. The number of pyridine rings is 1. The second-order valence-electron chi connectivity index (χ2n) is 24.4. The van der Waals surface area contributed by atoms with Crippen LogP contribution in [-0.4, -0.2) is 43.2 Å². The van der Waals surface area contributed by atoms with Crippen molar-refractivity contribution < 1.29 is 108 Å². The van der Waals surface area contributed by atoms with Crippen molar-refractivity contribution in [2.75, 3.05) is 0 Å². The topological polar surface area (TPSA) is 151 Å². The van der Waals surface area contributed by atoms with Crippen molar-refractivity contribution in [2.24, 2.45) is 12.0 Å². The van der Waals surface area contributed by atoms with Crippen LogP contribution < -0.4 is 4.87 Å². The van der Waals surface area contributed by atoms with Gasteiger partial charge in [0.15, 0.2) is 0 Å². The number of ether oxygens (including phenoxy) is 1. The van der Waals surface area contributed by atoms with Gasteiger partial charge in [-0.25, -0.2) is 32.7 Å². The predicted octanol–water partition coefficient (Wildman–Crippen LogP) is 22.6. The number of thiazole rings is 2. The normalized spacial score (nSPS) is 11.5. The van der Waals surface area contributed by atoms with E-state index in [2.05, 4.69) is 183 Å². The van der Waals surface area contributed by atoms with Gasteiger partial charge in [0.05, 0.1) is 31.5 Å². The average molecular weight is 2070 g/mol. The van der Waals surface area contributed by atoms with Gasteiger partial charge >= 0.3 is 104 Å². The zero-order valence-corrected chi connectivity index (χ0v) is 75.7. The molecule has 15 heteroatoms. The van der Waals surface area contributed by atoms with Crippen molar-refractivity contribution in [1.82, 2.24) is 14.5 Å². The number of cyclic esters (lactones) is 1. The fraction of sp³-hybridized carbons (Fsp3) is 0.193. The number of aromatic nitrogens is 3. The number of hydrogen-bond acceptors (Lipinski definition) is 9. The van der Waals surface area contributed by atoms with Gasteiger partial charge in [-0.1, -0.05) is 182 Å². The molecule has 0 saturated heterocycles. The van der Waals surface area contributed by atoms with Gasteiger partial charge in [-0.3, -0.25) is 15.8 Å². The minimum Gasteiger partial charge on any atom is -0.805 e. The van der Waals surface area contributed by atoms with Crippen LogP contribution >= 0.6 is 22.7 Å². The van der Waals surface area contributed by atoms with Crippen molar-refractivity contribution >= 4 is 111 Å². The summed E-state index contributed by atoms with van der Waals surface area (Å²) in [6.07, 6.45) is 12.9. The van der Waals surface area contributed by atoms with Gasteiger partial charge in [-0.05, 0) is 154 Å². The number of phenols is 1. The summed E-state index contributed by atoms with van der Waals surface area (Å²) in [7, 11) is 1.80. The van der Waals surface area contributed by atoms with Crippen molar-refractivity contribution in [2.45, 2.75) is 110 Å². The molecule has 1 aliphatic heterocycles. The van der Waals surface area contributed by atoms with Gasteiger partial charge in [0.2, 0.25) is 0 Å². The van der Waals surface area contributed by atoms with Crippen LogP contribution in [0.1, 0.15) is 110 Å². The molecule has 0 atom stereocenters. The fourth-order valence-corrected chi connectivity index (χ4v) is 12.1. The van der Waals surface area contributed by atoms with Gasteiger partial charge in [-0.15, -0.1) is 38.2 Å². The number of aromatic hydroxyl groups is 1. The molecule has 103 heavy (non-hydrogen) atoms. The molecule has 3 aromatic heterocycles. The zero-order valence-electron chi connectivity index (χ0n) is 61.6. The first-order chi connectivity index (χ1) is 47.8. The van der Waals surface area contributed by atoms with Crippen LogP contribution in [0.15, 0.2) is 227 Å². The van der Waals surface area contributed by atoms with Gasteiger partial charge in [0.25, 0.3) is 0 Å². The van der Waals surface area contributed by atoms with Crippen molar-refractivity contribution in [1.29, 1.82) is 0 Å². The number of hydrogen-bond donors (Lipinski definition) is 1. The smallest absolute Gasteiger partial charge is 0.805 e. The Morgan fingerprint density at radius 3 is 1.71 bits per heavy atom. The van der Waals surface area contributed by atoms with Crippen LogP contribution in [0.4, 0.5) is 5.69 Å². The summed E-state index contributed by atoms with van der Waals surface area (Å²) in [6, 6.07) is 67.9. The Morgan fingerprint density at radius 2 is 1.08 bits per heavy atom. The van der Waals surface area contributed by atoms with E-state index < -0.39 is 0 Å². The third-order valence-corrected chi connectivity index (χ3v) is 18.0. The molecule has 1 N–H and O–H groups in total. The number of esters is 1. The maximum Gasteiger partial charge on any atom is 2.00 e. The van der Waals surface area contributed by atoms with Gasteiger partial charge in [-0.2, -0.15) is 47.0 Å². The van der Waals surface area contributed by atoms with E-state index in [9.17, 15) is 14.7 Å². The van der Waals surface area contributed by atoms with Crippen LogP contribution in [-0.2, 0) is 18.4 Å². The molecule has 516 valence electrons.